The molecule has 5 aliphatic carbocycles. The summed E-state index contributed by atoms with van der Waals surface area (Å²) in [6, 6.07) is -0.296. The third-order valence-corrected chi connectivity index (χ3v) is 14.1. The van der Waals surface area contributed by atoms with Crippen molar-refractivity contribution in [1.29, 1.82) is 0 Å². The fourth-order valence-corrected chi connectivity index (χ4v) is 10.6. The Hall–Kier alpha value is -2.53. The summed E-state index contributed by atoms with van der Waals surface area (Å²) in [6.07, 6.45) is 1.06. The van der Waals surface area contributed by atoms with Crippen LogP contribution in [-0.2, 0) is 14.3 Å². The van der Waals surface area contributed by atoms with Gasteiger partial charge in [-0.2, -0.15) is 26.3 Å². The normalized spacial score (nSPS) is 34.5. The number of aliphatic hydroxyl groups is 1. The van der Waals surface area contributed by atoms with E-state index in [9.17, 15) is 36.2 Å². The molecule has 5 nitrogen and oxygen atoms in total. The molecule has 0 aromatic carbocycles. The van der Waals surface area contributed by atoms with Crippen LogP contribution in [0.1, 0.15) is 92.9 Å². The molecule has 0 spiro atoms. The Morgan fingerprint density at radius 3 is 2.21 bits per heavy atom. The topological polar surface area (TPSA) is 59.0 Å². The van der Waals surface area contributed by atoms with Gasteiger partial charge in [-0.25, -0.2) is 0 Å². The molecular weight excluding hydrogens is 696 g/mol. The van der Waals surface area contributed by atoms with Crippen molar-refractivity contribution in [1.82, 2.24) is 4.90 Å². The van der Waals surface area contributed by atoms with E-state index in [1.807, 2.05) is 27.7 Å². The summed E-state index contributed by atoms with van der Waals surface area (Å²) >= 11 is 0. The van der Waals surface area contributed by atoms with Crippen LogP contribution in [0.25, 0.3) is 0 Å². The molecule has 0 bridgehead atoms. The lowest BCUT2D eigenvalue weighted by atomic mass is 9.63. The molecule has 1 fully saturated rings. The van der Waals surface area contributed by atoms with E-state index in [1.165, 1.54) is 12.2 Å². The van der Waals surface area contributed by atoms with E-state index >= 15 is 0 Å². The molecule has 0 amide bonds. The van der Waals surface area contributed by atoms with E-state index in [1.54, 1.807) is 20.3 Å². The van der Waals surface area contributed by atoms with E-state index in [4.69, 9.17) is 9.47 Å². The lowest BCUT2D eigenvalue weighted by Crippen LogP contribution is -2.44. The Kier molecular flexibility index (Phi) is 10.8. The van der Waals surface area contributed by atoms with Gasteiger partial charge in [-0.05, 0) is 99.4 Å². The quantitative estimate of drug-likeness (QED) is 0.159. The predicted octanol–water partition coefficient (Wildman–Crippen LogP) is 10.5. The third-order valence-electron chi connectivity index (χ3n) is 14.1. The van der Waals surface area contributed by atoms with Gasteiger partial charge in [-0.1, -0.05) is 57.6 Å². The molecule has 1 N–H and O–H groups in total. The minimum atomic E-state index is -4.44. The summed E-state index contributed by atoms with van der Waals surface area (Å²) in [4.78, 5) is 16.2. The highest BCUT2D eigenvalue weighted by atomic mass is 19.4. The molecule has 6 rings (SSSR count). The highest BCUT2D eigenvalue weighted by molar-refractivity contribution is 6.06. The maximum Gasteiger partial charge on any atom is 0.416 e. The number of alkyl halides is 6. The molecule has 296 valence electrons. The second-order valence-electron chi connectivity index (χ2n) is 17.9. The van der Waals surface area contributed by atoms with Crippen LogP contribution in [0.3, 0.4) is 0 Å². The summed E-state index contributed by atoms with van der Waals surface area (Å²) in [6.45, 7) is 12.6. The van der Waals surface area contributed by atoms with Crippen LogP contribution >= 0.6 is 0 Å². The molecule has 0 aromatic rings. The van der Waals surface area contributed by atoms with Crippen molar-refractivity contribution in [3.05, 3.63) is 58.1 Å². The molecule has 6 aliphatic rings. The number of carbonyl (C=O) groups is 1. The number of hydrogen-bond acceptors (Lipinski definition) is 5. The van der Waals surface area contributed by atoms with Gasteiger partial charge in [0.05, 0.1) is 29.6 Å². The Morgan fingerprint density at radius 1 is 0.943 bits per heavy atom. The SMILES string of the molecule is COC(C)CCC1C=C(CC2C(=O)C(CC3N(CCC(C)OC)C4=C(C5CC5C(C(F)(F)F)C4)C3(C)C)=C2O)C(C)(C)C2C=CC(C(F)(F)F)=CC2C1. The van der Waals surface area contributed by atoms with Crippen molar-refractivity contribution in [2.45, 2.75) is 124 Å². The number of carbonyl (C=O) groups excluding carboxylic acids is 1. The Balaban J connectivity index is 1.27. The number of methoxy groups -OCH3 is 2. The van der Waals surface area contributed by atoms with Crippen molar-refractivity contribution in [3.63, 3.8) is 0 Å². The van der Waals surface area contributed by atoms with Crippen molar-refractivity contribution in [2.75, 3.05) is 20.8 Å². The maximum atomic E-state index is 14.2. The first kappa shape index (κ1) is 40.1. The summed E-state index contributed by atoms with van der Waals surface area (Å²) in [7, 11) is 3.25. The molecule has 11 heteroatoms. The fraction of sp³-hybridized carbons (Fsp3) is 0.738. The molecule has 0 aromatic heterocycles. The second kappa shape index (κ2) is 14.2. The van der Waals surface area contributed by atoms with Crippen LogP contribution < -0.4 is 0 Å². The van der Waals surface area contributed by atoms with Crippen LogP contribution in [0.15, 0.2) is 58.1 Å². The first-order valence-electron chi connectivity index (χ1n) is 19.4. The molecule has 0 radical (unpaired) electrons. The third kappa shape index (κ3) is 7.43. The predicted molar refractivity (Wildman–Crippen MR) is 191 cm³/mol. The summed E-state index contributed by atoms with van der Waals surface area (Å²) in [5.74, 6) is -3.42. The van der Waals surface area contributed by atoms with E-state index < -0.39 is 46.5 Å². The number of hydrogen-bond donors (Lipinski definition) is 1. The number of fused-ring (bicyclic) bond motifs is 3. The van der Waals surface area contributed by atoms with Gasteiger partial charge in [-0.15, -0.1) is 0 Å². The van der Waals surface area contributed by atoms with Gasteiger partial charge in [0, 0.05) is 49.9 Å². The Labute approximate surface area is 310 Å². The number of aliphatic hydroxyl groups excluding tert-OH is 1. The van der Waals surface area contributed by atoms with Gasteiger partial charge < -0.3 is 19.5 Å². The highest BCUT2D eigenvalue weighted by Gasteiger charge is 2.64. The van der Waals surface area contributed by atoms with Gasteiger partial charge in [0.2, 0.25) is 0 Å². The molecule has 1 saturated carbocycles. The second-order valence-corrected chi connectivity index (χ2v) is 17.9. The highest BCUT2D eigenvalue weighted by Crippen LogP contribution is 2.67. The van der Waals surface area contributed by atoms with Crippen LogP contribution in [-0.4, -0.2) is 67.2 Å². The molecule has 10 atom stereocenters. The molecule has 53 heavy (non-hydrogen) atoms. The van der Waals surface area contributed by atoms with Crippen LogP contribution in [0.4, 0.5) is 26.3 Å². The van der Waals surface area contributed by atoms with Crippen molar-refractivity contribution >= 4 is 5.78 Å². The number of allylic oxidation sites excluding steroid dienone is 8. The van der Waals surface area contributed by atoms with Gasteiger partial charge in [0.25, 0.3) is 0 Å². The Bertz CT molecular complexity index is 1600. The fourth-order valence-electron chi connectivity index (χ4n) is 10.6. The molecule has 10 unspecified atom stereocenters. The maximum absolute atomic E-state index is 14.2. The standard InChI is InChI=1S/C42H57F6NO4/c1-22(52-7)9-10-24-15-25-17-26(41(43,44)45)11-12-32(25)39(3,4)27(16-24)18-30-37(50)31(38(30)51)20-35-40(5,6)36-29-19-28(29)33(42(46,47)48)21-34(36)49(35)14-13-23(2)53-8/h11-12,16-17,22-25,28-30,32-33,35,50H,9-10,13-15,18-21H2,1-8H3. The molecule has 1 heterocycles. The number of rotatable bonds is 12. The number of ketones is 1. The average Bonchev–Trinajstić information content (AvgIpc) is 3.85. The first-order valence-corrected chi connectivity index (χ1v) is 19.4. The van der Waals surface area contributed by atoms with E-state index in [-0.39, 0.29) is 72.7 Å². The van der Waals surface area contributed by atoms with Crippen LogP contribution in [0.2, 0.25) is 0 Å². The summed E-state index contributed by atoms with van der Waals surface area (Å²) < 4.78 is 95.1. The van der Waals surface area contributed by atoms with E-state index in [0.717, 1.165) is 23.3 Å². The van der Waals surface area contributed by atoms with Gasteiger partial charge in [0.1, 0.15) is 5.76 Å². The monoisotopic (exact) mass is 753 g/mol. The number of Topliss-reactive ketones (excluding diaryl/α,β-unsaturated/α-hetero) is 1. The van der Waals surface area contributed by atoms with E-state index in [0.29, 0.717) is 37.8 Å². The average molecular weight is 754 g/mol. The number of ether oxygens (including phenoxy) is 2. The number of nitrogens with zero attached hydrogens (tertiary/aromatic N) is 1. The molecule has 0 saturated heterocycles. The van der Waals surface area contributed by atoms with Crippen LogP contribution in [0.5, 0.6) is 0 Å². The van der Waals surface area contributed by atoms with Crippen molar-refractivity contribution in [2.24, 2.45) is 52.3 Å². The van der Waals surface area contributed by atoms with Gasteiger partial charge in [0.15, 0.2) is 5.78 Å². The van der Waals surface area contributed by atoms with Gasteiger partial charge in [-0.3, -0.25) is 4.79 Å². The largest absolute Gasteiger partial charge is 0.511 e. The minimum absolute atomic E-state index is 0.0170. The zero-order valence-electron chi connectivity index (χ0n) is 32.3. The molecule has 1 aliphatic heterocycles. The lowest BCUT2D eigenvalue weighted by Gasteiger charge is -2.42. The van der Waals surface area contributed by atoms with Crippen molar-refractivity contribution in [3.8, 4) is 0 Å². The lowest BCUT2D eigenvalue weighted by molar-refractivity contribution is -0.182. The summed E-state index contributed by atoms with van der Waals surface area (Å²) in [5, 5.41) is 11.6. The zero-order valence-corrected chi connectivity index (χ0v) is 32.3. The van der Waals surface area contributed by atoms with Gasteiger partial charge >= 0.3 is 12.4 Å². The number of halogens is 6. The van der Waals surface area contributed by atoms with Crippen molar-refractivity contribution < 1.29 is 45.7 Å². The zero-order chi connectivity index (χ0) is 39.0. The smallest absolute Gasteiger partial charge is 0.416 e. The van der Waals surface area contributed by atoms with E-state index in [2.05, 4.69) is 24.8 Å². The van der Waals surface area contributed by atoms with Crippen LogP contribution in [0, 0.1) is 52.3 Å². The first-order chi connectivity index (χ1) is 24.6. The Morgan fingerprint density at radius 2 is 1.60 bits per heavy atom. The minimum Gasteiger partial charge on any atom is -0.511 e. The molecular formula is C42H57F6NO4. The summed E-state index contributed by atoms with van der Waals surface area (Å²) in [5.41, 5.74) is 1.40.